The molecule has 49 heavy (non-hydrogen) atoms. The van der Waals surface area contributed by atoms with Crippen molar-refractivity contribution < 1.29 is 14.2 Å². The second-order valence-corrected chi connectivity index (χ2v) is 13.2. The van der Waals surface area contributed by atoms with Crippen LogP contribution in [-0.4, -0.2) is 84.7 Å². The van der Waals surface area contributed by atoms with Gasteiger partial charge in [-0.15, -0.1) is 9.24 Å². The van der Waals surface area contributed by atoms with Crippen LogP contribution in [0.4, 0.5) is 11.4 Å². The summed E-state index contributed by atoms with van der Waals surface area (Å²) < 4.78 is 22.2. The molecule has 2 aliphatic rings. The van der Waals surface area contributed by atoms with Crippen molar-refractivity contribution >= 4 is 32.1 Å². The van der Waals surface area contributed by atoms with Gasteiger partial charge in [0.2, 0.25) is 5.79 Å². The highest BCUT2D eigenvalue weighted by atomic mass is 31.0. The molecule has 0 N–H and O–H groups in total. The lowest BCUT2D eigenvalue weighted by atomic mass is 10.1. The number of ether oxygens (including phenoxy) is 3. The Morgan fingerprint density at radius 2 is 1.63 bits per heavy atom. The first-order valence-corrected chi connectivity index (χ1v) is 17.4. The van der Waals surface area contributed by atoms with Crippen molar-refractivity contribution in [3.63, 3.8) is 0 Å². The van der Waals surface area contributed by atoms with E-state index in [2.05, 4.69) is 67.0 Å². The molecule has 258 valence electrons. The highest BCUT2D eigenvalue weighted by Crippen LogP contribution is 2.35. The molecule has 0 amide bonds. The number of aromatic nitrogens is 3. The number of hydrogen-bond donors (Lipinski definition) is 0. The predicted octanol–water partition coefficient (Wildman–Crippen LogP) is 4.58. The number of anilines is 2. The van der Waals surface area contributed by atoms with Gasteiger partial charge >= 0.3 is 5.69 Å². The van der Waals surface area contributed by atoms with Crippen LogP contribution in [-0.2, 0) is 15.3 Å². The standard InChI is InChI=1S/C37H46N7O4P/c1-5-19-38-40(4)26-37(29-7-17-35(49)18-8-29)47-25-34(48-37)24-46-33-15-13-31(14-16-33)42-22-20-41(21-23-42)30-9-11-32(12-10-30)43-27-39-44(36(43)45)28(3)6-2/h5,7-19,27-28,34H,1,6,20-26,49H2,2-4H3/b38-19-. The minimum absolute atomic E-state index is 0.0707. The van der Waals surface area contributed by atoms with E-state index < -0.39 is 5.79 Å². The van der Waals surface area contributed by atoms with Crippen LogP contribution in [0.1, 0.15) is 31.9 Å². The fourth-order valence-corrected chi connectivity index (χ4v) is 6.36. The van der Waals surface area contributed by atoms with Gasteiger partial charge in [-0.1, -0.05) is 37.8 Å². The van der Waals surface area contributed by atoms with E-state index in [0.717, 1.165) is 60.6 Å². The largest absolute Gasteiger partial charge is 0.491 e. The maximum Gasteiger partial charge on any atom is 0.350 e. The van der Waals surface area contributed by atoms with Crippen LogP contribution >= 0.6 is 9.24 Å². The van der Waals surface area contributed by atoms with E-state index in [0.29, 0.717) is 19.8 Å². The quantitative estimate of drug-likeness (QED) is 0.115. The lowest BCUT2D eigenvalue weighted by Crippen LogP contribution is -2.46. The summed E-state index contributed by atoms with van der Waals surface area (Å²) in [4.78, 5) is 17.6. The van der Waals surface area contributed by atoms with Crippen molar-refractivity contribution in [1.29, 1.82) is 0 Å². The number of rotatable bonds is 13. The van der Waals surface area contributed by atoms with Crippen LogP contribution in [0.3, 0.4) is 0 Å². The van der Waals surface area contributed by atoms with E-state index in [1.54, 1.807) is 32.9 Å². The number of benzene rings is 3. The van der Waals surface area contributed by atoms with Crippen LogP contribution in [0.5, 0.6) is 5.75 Å². The molecule has 2 fully saturated rings. The number of likely N-dealkylation sites (N-methyl/N-ethyl adjacent to an activating group) is 1. The molecule has 3 heterocycles. The normalized spacial score (nSPS) is 20.1. The molecule has 0 aliphatic carbocycles. The second kappa shape index (κ2) is 15.4. The van der Waals surface area contributed by atoms with Crippen LogP contribution < -0.4 is 25.5 Å². The Hall–Kier alpha value is -4.44. The molecule has 1 aromatic heterocycles. The van der Waals surface area contributed by atoms with Crippen molar-refractivity contribution in [1.82, 2.24) is 19.4 Å². The Kier molecular flexibility index (Phi) is 10.8. The van der Waals surface area contributed by atoms with E-state index in [1.165, 1.54) is 5.69 Å². The highest BCUT2D eigenvalue weighted by molar-refractivity contribution is 7.27. The van der Waals surface area contributed by atoms with Gasteiger partial charge < -0.3 is 24.0 Å². The zero-order chi connectivity index (χ0) is 34.4. The van der Waals surface area contributed by atoms with Gasteiger partial charge in [0, 0.05) is 56.4 Å². The van der Waals surface area contributed by atoms with Crippen LogP contribution in [0, 0.1) is 0 Å². The Morgan fingerprint density at radius 3 is 2.24 bits per heavy atom. The smallest absolute Gasteiger partial charge is 0.350 e. The summed E-state index contributed by atoms with van der Waals surface area (Å²) in [5.41, 5.74) is 3.96. The monoisotopic (exact) mass is 683 g/mol. The van der Waals surface area contributed by atoms with Gasteiger partial charge in [0.15, 0.2) is 0 Å². The maximum atomic E-state index is 12.8. The number of hydrogen-bond acceptors (Lipinski definition) is 9. The molecule has 4 aromatic rings. The van der Waals surface area contributed by atoms with Crippen molar-refractivity contribution in [3.8, 4) is 11.4 Å². The summed E-state index contributed by atoms with van der Waals surface area (Å²) in [6, 6.07) is 24.6. The van der Waals surface area contributed by atoms with Crippen LogP contribution in [0.2, 0.25) is 0 Å². The molecule has 2 saturated heterocycles. The fourth-order valence-electron chi connectivity index (χ4n) is 6.17. The van der Waals surface area contributed by atoms with Gasteiger partial charge in [-0.3, -0.25) is 5.01 Å². The second-order valence-electron chi connectivity index (χ2n) is 12.5. The molecular weight excluding hydrogens is 637 g/mol. The molecule has 12 heteroatoms. The summed E-state index contributed by atoms with van der Waals surface area (Å²) in [5.74, 6) is -0.165. The highest BCUT2D eigenvalue weighted by Gasteiger charge is 2.44. The summed E-state index contributed by atoms with van der Waals surface area (Å²) in [6.45, 7) is 12.6. The van der Waals surface area contributed by atoms with Gasteiger partial charge in [-0.2, -0.15) is 10.2 Å². The van der Waals surface area contributed by atoms with Crippen molar-refractivity contribution in [2.75, 3.05) is 62.8 Å². The van der Waals surface area contributed by atoms with Crippen LogP contribution in [0.25, 0.3) is 5.69 Å². The van der Waals surface area contributed by atoms with Gasteiger partial charge in [-0.25, -0.2) is 14.0 Å². The van der Waals surface area contributed by atoms with Gasteiger partial charge in [0.1, 0.15) is 24.8 Å². The molecule has 4 atom stereocenters. The Bertz CT molecular complexity index is 1770. The lowest BCUT2D eigenvalue weighted by molar-refractivity contribution is -0.189. The molecule has 3 aromatic carbocycles. The van der Waals surface area contributed by atoms with Gasteiger partial charge in [-0.05, 0) is 73.3 Å². The molecule has 0 spiro atoms. The zero-order valence-electron chi connectivity index (χ0n) is 28.5. The van der Waals surface area contributed by atoms with E-state index in [-0.39, 0.29) is 17.8 Å². The molecule has 0 radical (unpaired) electrons. The molecule has 2 aliphatic heterocycles. The fraction of sp³-hybridized carbons (Fsp3) is 0.378. The van der Waals surface area contributed by atoms with Crippen molar-refractivity contribution in [2.45, 2.75) is 38.2 Å². The lowest BCUT2D eigenvalue weighted by Gasteiger charge is -2.37. The Morgan fingerprint density at radius 1 is 1.02 bits per heavy atom. The maximum absolute atomic E-state index is 12.8. The number of nitrogens with zero attached hydrogens (tertiary/aromatic N) is 7. The van der Waals surface area contributed by atoms with E-state index in [9.17, 15) is 4.79 Å². The third-order valence-electron chi connectivity index (χ3n) is 9.13. The summed E-state index contributed by atoms with van der Waals surface area (Å²) in [5, 5.41) is 11.6. The van der Waals surface area contributed by atoms with Crippen LogP contribution in [0.15, 0.2) is 102 Å². The molecular formula is C37H46N7O4P. The molecule has 0 bridgehead atoms. The van der Waals surface area contributed by atoms with Crippen molar-refractivity contribution in [2.24, 2.45) is 5.10 Å². The SMILES string of the molecule is C=C/C=N\N(C)CC1(c2ccc(P)cc2)OCC(COc2ccc(N3CCN(c4ccc(-n5cnn(C(C)CC)c5=O)cc4)CC3)cc2)O1. The minimum atomic E-state index is -0.954. The van der Waals surface area contributed by atoms with Gasteiger partial charge in [0.25, 0.3) is 0 Å². The topological polar surface area (TPSA) is 89.6 Å². The molecule has 6 rings (SSSR count). The third-order valence-corrected chi connectivity index (χ3v) is 9.51. The third kappa shape index (κ3) is 7.90. The first kappa shape index (κ1) is 34.4. The predicted molar refractivity (Wildman–Crippen MR) is 199 cm³/mol. The summed E-state index contributed by atoms with van der Waals surface area (Å²) in [6.07, 6.45) is 5.51. The number of hydrazone groups is 1. The Labute approximate surface area is 290 Å². The minimum Gasteiger partial charge on any atom is -0.491 e. The molecule has 4 unspecified atom stereocenters. The molecule has 0 saturated carbocycles. The average molecular weight is 684 g/mol. The summed E-state index contributed by atoms with van der Waals surface area (Å²) in [7, 11) is 4.59. The Balaban J connectivity index is 1.01. The first-order valence-electron chi connectivity index (χ1n) is 16.8. The number of allylic oxidation sites excluding steroid dienone is 1. The zero-order valence-corrected chi connectivity index (χ0v) is 29.7. The summed E-state index contributed by atoms with van der Waals surface area (Å²) >= 11 is 0. The van der Waals surface area contributed by atoms with E-state index >= 15 is 0 Å². The molecule has 11 nitrogen and oxygen atoms in total. The number of piperazine rings is 1. The van der Waals surface area contributed by atoms with Gasteiger partial charge in [0.05, 0.1) is 24.9 Å². The van der Waals surface area contributed by atoms with E-state index in [1.807, 2.05) is 62.5 Å². The van der Waals surface area contributed by atoms with E-state index in [4.69, 9.17) is 14.2 Å². The average Bonchev–Trinajstić information content (AvgIpc) is 3.73. The first-order chi connectivity index (χ1) is 23.8. The van der Waals surface area contributed by atoms with Crippen molar-refractivity contribution in [3.05, 3.63) is 108 Å².